The van der Waals surface area contributed by atoms with E-state index in [1.807, 2.05) is 0 Å². The van der Waals surface area contributed by atoms with Crippen LogP contribution < -0.4 is 0 Å². The van der Waals surface area contributed by atoms with Crippen LogP contribution in [0.15, 0.2) is 12.1 Å². The summed E-state index contributed by atoms with van der Waals surface area (Å²) < 4.78 is 114. The number of aliphatic carboxylic acids is 1. The largest absolute Gasteiger partial charge is 0.475 e. The Hall–Kier alpha value is -2.27. The molecule has 0 fully saturated rings. The number of hydrogen-bond acceptors (Lipinski definition) is 2. The molecule has 0 saturated carbocycles. The van der Waals surface area contributed by atoms with Gasteiger partial charge in [0.25, 0.3) is 5.78 Å². The zero-order valence-corrected chi connectivity index (χ0v) is 10.3. The van der Waals surface area contributed by atoms with Crippen LogP contribution in [-0.4, -0.2) is 16.9 Å². The van der Waals surface area contributed by atoms with Gasteiger partial charge < -0.3 is 5.11 Å². The van der Waals surface area contributed by atoms with Gasteiger partial charge in [-0.25, -0.2) is 4.79 Å². The van der Waals surface area contributed by atoms with E-state index < -0.39 is 64.7 Å². The first-order valence-electron chi connectivity index (χ1n) is 5.24. The topological polar surface area (TPSA) is 54.4 Å². The summed E-state index contributed by atoms with van der Waals surface area (Å²) in [6, 6.07) is -1.49. The normalized spacial score (nSPS) is 13.1. The lowest BCUT2D eigenvalue weighted by Crippen LogP contribution is -2.26. The summed E-state index contributed by atoms with van der Waals surface area (Å²) in [6.45, 7) is 0. The summed E-state index contributed by atoms with van der Waals surface area (Å²) in [4.78, 5) is 21.6. The maximum atomic E-state index is 12.7. The molecular weight excluding hydrogens is 351 g/mol. The lowest BCUT2D eigenvalue weighted by Gasteiger charge is -2.19. The van der Waals surface area contributed by atoms with Crippen molar-refractivity contribution < 1.29 is 54.2 Å². The van der Waals surface area contributed by atoms with Crippen LogP contribution in [-0.2, 0) is 23.3 Å². The summed E-state index contributed by atoms with van der Waals surface area (Å²) in [6.07, 6.45) is -17.2. The lowest BCUT2D eigenvalue weighted by molar-refractivity contribution is -0.149. The van der Waals surface area contributed by atoms with Crippen LogP contribution in [0.3, 0.4) is 0 Å². The van der Waals surface area contributed by atoms with E-state index >= 15 is 0 Å². The number of carboxylic acids is 1. The number of ketones is 1. The minimum absolute atomic E-state index is 0.745. The van der Waals surface area contributed by atoms with E-state index in [2.05, 4.69) is 0 Å². The van der Waals surface area contributed by atoms with Crippen LogP contribution in [0.1, 0.15) is 27.0 Å². The molecule has 1 aromatic carbocycles. The van der Waals surface area contributed by atoms with Gasteiger partial charge in [-0.3, -0.25) is 4.79 Å². The Kier molecular flexibility index (Phi) is 4.43. The number of Topliss-reactive ketones (excluding diaryl/α,β-unsaturated/α-hetero) is 1. The summed E-state index contributed by atoms with van der Waals surface area (Å²) in [7, 11) is 0. The highest BCUT2D eigenvalue weighted by molar-refractivity contribution is 6.40. The Morgan fingerprint density at radius 1 is 0.739 bits per heavy atom. The number of carbonyl (C=O) groups is 2. The van der Waals surface area contributed by atoms with Crippen molar-refractivity contribution >= 4 is 11.8 Å². The van der Waals surface area contributed by atoms with E-state index in [0.717, 1.165) is 0 Å². The third-order valence-corrected chi connectivity index (χ3v) is 2.50. The molecule has 0 amide bonds. The average Bonchev–Trinajstić information content (AvgIpc) is 2.32. The van der Waals surface area contributed by atoms with E-state index in [4.69, 9.17) is 5.11 Å². The number of alkyl halides is 9. The second-order valence-corrected chi connectivity index (χ2v) is 4.07. The maximum absolute atomic E-state index is 12.7. The highest BCUT2D eigenvalue weighted by Crippen LogP contribution is 2.43. The third kappa shape index (κ3) is 3.93. The molecule has 0 aliphatic rings. The average molecular weight is 354 g/mol. The Balaban J connectivity index is 3.98. The molecule has 0 saturated heterocycles. The van der Waals surface area contributed by atoms with Gasteiger partial charge in [0.1, 0.15) is 0 Å². The minimum Gasteiger partial charge on any atom is -0.475 e. The fraction of sp³-hybridized carbons (Fsp3) is 0.273. The molecule has 0 spiro atoms. The van der Waals surface area contributed by atoms with E-state index in [1.165, 1.54) is 0 Å². The highest BCUT2D eigenvalue weighted by Gasteiger charge is 2.47. The Labute approximate surface area is 120 Å². The third-order valence-electron chi connectivity index (χ3n) is 2.50. The Morgan fingerprint density at radius 2 is 1.09 bits per heavy atom. The molecule has 0 bridgehead atoms. The smallest absolute Gasteiger partial charge is 0.417 e. The Morgan fingerprint density at radius 3 is 1.30 bits per heavy atom. The van der Waals surface area contributed by atoms with Gasteiger partial charge in [-0.05, 0) is 12.1 Å². The van der Waals surface area contributed by atoms with Gasteiger partial charge in [-0.15, -0.1) is 0 Å². The predicted molar refractivity (Wildman–Crippen MR) is 53.4 cm³/mol. The summed E-state index contributed by atoms with van der Waals surface area (Å²) in [5.41, 5.74) is -9.98. The van der Waals surface area contributed by atoms with Gasteiger partial charge in [0, 0.05) is 0 Å². The monoisotopic (exact) mass is 354 g/mol. The number of carbonyl (C=O) groups excluding carboxylic acids is 1. The quantitative estimate of drug-likeness (QED) is 0.496. The highest BCUT2D eigenvalue weighted by atomic mass is 19.4. The van der Waals surface area contributed by atoms with Gasteiger partial charge in [-0.2, -0.15) is 39.5 Å². The second kappa shape index (κ2) is 5.42. The number of carboxylic acid groups (broad SMARTS) is 1. The van der Waals surface area contributed by atoms with E-state index in [9.17, 15) is 49.1 Å². The standard InChI is InChI=1S/C11H3F9O3/c12-9(13,14)3-1-4(10(15,16)17)6(7(21)8(22)23)5(2-3)11(18,19)20/h1-2H,(H,22,23). The van der Waals surface area contributed by atoms with Gasteiger partial charge in [-0.1, -0.05) is 0 Å². The molecular formula is C11H3F9O3. The predicted octanol–water partition coefficient (Wildman–Crippen LogP) is 4.01. The van der Waals surface area contributed by atoms with Crippen LogP contribution >= 0.6 is 0 Å². The first-order valence-corrected chi connectivity index (χ1v) is 5.24. The van der Waals surface area contributed by atoms with E-state index in [0.29, 0.717) is 0 Å². The van der Waals surface area contributed by atoms with Crippen molar-refractivity contribution in [1.29, 1.82) is 0 Å². The van der Waals surface area contributed by atoms with Crippen LogP contribution in [0.25, 0.3) is 0 Å². The second-order valence-electron chi connectivity index (χ2n) is 4.07. The van der Waals surface area contributed by atoms with Crippen LogP contribution in [0.5, 0.6) is 0 Å². The minimum atomic E-state index is -5.82. The lowest BCUT2D eigenvalue weighted by atomic mass is 9.93. The van der Waals surface area contributed by atoms with Crippen LogP contribution in [0.2, 0.25) is 0 Å². The molecule has 0 aliphatic carbocycles. The molecule has 0 aromatic heterocycles. The van der Waals surface area contributed by atoms with Gasteiger partial charge in [0.15, 0.2) is 0 Å². The molecule has 12 heteroatoms. The van der Waals surface area contributed by atoms with Crippen LogP contribution in [0, 0.1) is 0 Å². The number of halogens is 9. The van der Waals surface area contributed by atoms with E-state index in [1.54, 1.807) is 0 Å². The molecule has 0 unspecified atom stereocenters. The molecule has 1 N–H and O–H groups in total. The molecule has 1 rings (SSSR count). The number of hydrogen-bond donors (Lipinski definition) is 1. The number of rotatable bonds is 2. The zero-order chi connectivity index (χ0) is 18.4. The van der Waals surface area contributed by atoms with Crippen molar-refractivity contribution in [3.8, 4) is 0 Å². The van der Waals surface area contributed by atoms with Crippen molar-refractivity contribution in [2.45, 2.75) is 18.5 Å². The van der Waals surface area contributed by atoms with Crippen molar-refractivity contribution in [2.24, 2.45) is 0 Å². The first kappa shape index (κ1) is 18.8. The summed E-state index contributed by atoms with van der Waals surface area (Å²) >= 11 is 0. The molecule has 0 radical (unpaired) electrons. The van der Waals surface area contributed by atoms with Crippen molar-refractivity contribution in [2.75, 3.05) is 0 Å². The first-order chi connectivity index (χ1) is 10.1. The summed E-state index contributed by atoms with van der Waals surface area (Å²) in [5, 5.41) is 8.34. The van der Waals surface area contributed by atoms with Crippen molar-refractivity contribution in [3.63, 3.8) is 0 Å². The Bertz CT molecular complexity index is 617. The molecule has 0 aliphatic heterocycles. The molecule has 23 heavy (non-hydrogen) atoms. The van der Waals surface area contributed by atoms with Gasteiger partial charge in [0.05, 0.1) is 22.3 Å². The summed E-state index contributed by atoms with van der Waals surface area (Å²) in [5.74, 6) is -5.31. The maximum Gasteiger partial charge on any atom is 0.417 e. The number of benzene rings is 1. The molecule has 3 nitrogen and oxygen atoms in total. The molecule has 128 valence electrons. The SMILES string of the molecule is O=C(O)C(=O)c1c(C(F)(F)F)cc(C(F)(F)F)cc1C(F)(F)F. The van der Waals surface area contributed by atoms with Crippen molar-refractivity contribution in [3.05, 3.63) is 34.4 Å². The van der Waals surface area contributed by atoms with Gasteiger partial charge >= 0.3 is 24.5 Å². The van der Waals surface area contributed by atoms with Gasteiger partial charge in [0.2, 0.25) is 0 Å². The van der Waals surface area contributed by atoms with Crippen molar-refractivity contribution in [1.82, 2.24) is 0 Å². The van der Waals surface area contributed by atoms with Crippen LogP contribution in [0.4, 0.5) is 39.5 Å². The fourth-order valence-electron chi connectivity index (χ4n) is 1.60. The zero-order valence-electron chi connectivity index (χ0n) is 10.3. The molecule has 0 heterocycles. The molecule has 0 atom stereocenters. The molecule has 1 aromatic rings. The fourth-order valence-corrected chi connectivity index (χ4v) is 1.60. The van der Waals surface area contributed by atoms with E-state index in [-0.39, 0.29) is 0 Å².